The molecule has 0 bridgehead atoms. The molecule has 0 unspecified atom stereocenters. The van der Waals surface area contributed by atoms with E-state index in [1.807, 2.05) is 18.4 Å². The average Bonchev–Trinajstić information content (AvgIpc) is 2.94. The number of anilines is 1. The molecule has 0 spiro atoms. The summed E-state index contributed by atoms with van der Waals surface area (Å²) in [5.74, 6) is 1.35. The van der Waals surface area contributed by atoms with Crippen LogP contribution in [0.3, 0.4) is 0 Å². The van der Waals surface area contributed by atoms with Crippen molar-refractivity contribution in [1.82, 2.24) is 19.7 Å². The highest BCUT2D eigenvalue weighted by molar-refractivity contribution is 7.13. The van der Waals surface area contributed by atoms with Gasteiger partial charge in [0.25, 0.3) is 5.91 Å². The summed E-state index contributed by atoms with van der Waals surface area (Å²) in [5, 5.41) is 11.9. The van der Waals surface area contributed by atoms with E-state index in [4.69, 9.17) is 0 Å². The van der Waals surface area contributed by atoms with Gasteiger partial charge in [0.1, 0.15) is 10.7 Å². The largest absolute Gasteiger partial charge is 0.297 e. The number of thiazole rings is 1. The summed E-state index contributed by atoms with van der Waals surface area (Å²) in [6.07, 6.45) is 3.17. The summed E-state index contributed by atoms with van der Waals surface area (Å²) in [4.78, 5) is 17.1. The van der Waals surface area contributed by atoms with Gasteiger partial charge < -0.3 is 0 Å². The summed E-state index contributed by atoms with van der Waals surface area (Å²) in [5.41, 5.74) is 0.762. The van der Waals surface area contributed by atoms with Crippen LogP contribution in [0.4, 0.5) is 5.95 Å². The second-order valence-corrected chi connectivity index (χ2v) is 5.85. The van der Waals surface area contributed by atoms with Crippen LogP contribution in [0.25, 0.3) is 0 Å². The first-order valence-electron chi connectivity index (χ1n) is 6.32. The number of rotatable bonds is 2. The number of amides is 1. The summed E-state index contributed by atoms with van der Waals surface area (Å²) in [7, 11) is 0. The van der Waals surface area contributed by atoms with Crippen molar-refractivity contribution in [2.24, 2.45) is 0 Å². The molecule has 2 aromatic rings. The molecule has 0 aliphatic carbocycles. The van der Waals surface area contributed by atoms with Crippen molar-refractivity contribution in [2.75, 3.05) is 5.32 Å². The van der Waals surface area contributed by atoms with Crippen molar-refractivity contribution in [3.63, 3.8) is 0 Å². The van der Waals surface area contributed by atoms with Gasteiger partial charge in [-0.15, -0.1) is 21.5 Å². The molecule has 2 aromatic heterocycles. The smallest absolute Gasteiger partial charge is 0.270 e. The molecule has 0 saturated carbocycles. The molecule has 1 N–H and O–H groups in total. The van der Waals surface area contributed by atoms with Gasteiger partial charge in [-0.3, -0.25) is 14.7 Å². The van der Waals surface area contributed by atoms with E-state index in [0.29, 0.717) is 10.8 Å². The van der Waals surface area contributed by atoms with E-state index >= 15 is 0 Å². The van der Waals surface area contributed by atoms with Crippen molar-refractivity contribution in [2.45, 2.75) is 39.7 Å². The van der Waals surface area contributed by atoms with Crippen LogP contribution in [-0.4, -0.2) is 25.7 Å². The third kappa shape index (κ3) is 2.25. The van der Waals surface area contributed by atoms with E-state index in [0.717, 1.165) is 42.3 Å². The lowest BCUT2D eigenvalue weighted by atomic mass is 10.2. The fourth-order valence-corrected chi connectivity index (χ4v) is 3.12. The van der Waals surface area contributed by atoms with Gasteiger partial charge >= 0.3 is 0 Å². The second kappa shape index (κ2) is 4.73. The maximum atomic E-state index is 12.2. The van der Waals surface area contributed by atoms with Crippen molar-refractivity contribution in [3.05, 3.63) is 21.4 Å². The van der Waals surface area contributed by atoms with Gasteiger partial charge in [0.2, 0.25) is 5.95 Å². The first kappa shape index (κ1) is 12.3. The molecule has 3 heterocycles. The van der Waals surface area contributed by atoms with Crippen molar-refractivity contribution in [1.29, 1.82) is 0 Å². The fourth-order valence-electron chi connectivity index (χ4n) is 2.30. The molecule has 19 heavy (non-hydrogen) atoms. The first-order chi connectivity index (χ1) is 9.15. The maximum absolute atomic E-state index is 12.2. The number of hydrogen-bond acceptors (Lipinski definition) is 5. The predicted molar refractivity (Wildman–Crippen MR) is 72.5 cm³/mol. The molecule has 1 aliphatic rings. The van der Waals surface area contributed by atoms with Gasteiger partial charge in [-0.05, 0) is 26.7 Å². The second-order valence-electron chi connectivity index (χ2n) is 4.65. The van der Waals surface area contributed by atoms with E-state index in [1.54, 1.807) is 0 Å². The predicted octanol–water partition coefficient (Wildman–Crippen LogP) is 1.94. The molecule has 1 aliphatic heterocycles. The Kier molecular flexibility index (Phi) is 3.06. The molecule has 0 atom stereocenters. The summed E-state index contributed by atoms with van der Waals surface area (Å²) in [6, 6.07) is 0. The normalized spacial score (nSPS) is 14.2. The number of aromatic nitrogens is 4. The molecule has 3 rings (SSSR count). The molecule has 6 nitrogen and oxygen atoms in total. The summed E-state index contributed by atoms with van der Waals surface area (Å²) in [6.45, 7) is 4.61. The molecule has 100 valence electrons. The fraction of sp³-hybridized carbons (Fsp3) is 0.500. The van der Waals surface area contributed by atoms with Crippen molar-refractivity contribution < 1.29 is 4.79 Å². The molecule has 7 heteroatoms. The van der Waals surface area contributed by atoms with Gasteiger partial charge in [0.15, 0.2) is 0 Å². The number of fused-ring (bicyclic) bond motifs is 1. The number of carbonyl (C=O) groups is 1. The number of carbonyl (C=O) groups excluding carboxylic acids is 1. The van der Waals surface area contributed by atoms with E-state index in [1.165, 1.54) is 11.3 Å². The van der Waals surface area contributed by atoms with Crippen LogP contribution < -0.4 is 5.32 Å². The Balaban J connectivity index is 1.83. The van der Waals surface area contributed by atoms with Crippen LogP contribution in [0.1, 0.15) is 39.0 Å². The Hall–Kier alpha value is -1.76. The van der Waals surface area contributed by atoms with Gasteiger partial charge in [0.05, 0.1) is 10.7 Å². The molecule has 0 saturated heterocycles. The lowest BCUT2D eigenvalue weighted by molar-refractivity contribution is 0.102. The van der Waals surface area contributed by atoms with Crippen molar-refractivity contribution >= 4 is 23.2 Å². The number of hydrogen-bond donors (Lipinski definition) is 1. The SMILES string of the molecule is Cc1nc(C)c(C(=O)Nc2nnc3n2CCCC3)s1. The lowest BCUT2D eigenvalue weighted by Gasteiger charge is -2.14. The molecular weight excluding hydrogens is 262 g/mol. The van der Waals surface area contributed by atoms with Crippen LogP contribution in [0, 0.1) is 13.8 Å². The Morgan fingerprint density at radius 3 is 2.89 bits per heavy atom. The molecular formula is C12H15N5OS. The number of aryl methyl sites for hydroxylation is 3. The summed E-state index contributed by atoms with van der Waals surface area (Å²) < 4.78 is 1.99. The van der Waals surface area contributed by atoms with E-state index in [9.17, 15) is 4.79 Å². The Morgan fingerprint density at radius 1 is 1.32 bits per heavy atom. The Labute approximate surface area is 114 Å². The van der Waals surface area contributed by atoms with Crippen LogP contribution >= 0.6 is 11.3 Å². The van der Waals surface area contributed by atoms with Gasteiger partial charge in [-0.25, -0.2) is 4.98 Å². The summed E-state index contributed by atoms with van der Waals surface area (Å²) >= 11 is 1.40. The molecule has 0 radical (unpaired) electrons. The Bertz CT molecular complexity index is 630. The molecule has 1 amide bonds. The zero-order chi connectivity index (χ0) is 13.4. The van der Waals surface area contributed by atoms with Crippen LogP contribution in [0.2, 0.25) is 0 Å². The zero-order valence-electron chi connectivity index (χ0n) is 10.9. The first-order valence-corrected chi connectivity index (χ1v) is 7.14. The van der Waals surface area contributed by atoms with Crippen molar-refractivity contribution in [3.8, 4) is 0 Å². The monoisotopic (exact) mass is 277 g/mol. The molecule has 0 aromatic carbocycles. The van der Waals surface area contributed by atoms with Gasteiger partial charge in [0, 0.05) is 13.0 Å². The topological polar surface area (TPSA) is 72.7 Å². The number of nitrogens with zero attached hydrogens (tertiary/aromatic N) is 4. The van der Waals surface area contributed by atoms with E-state index < -0.39 is 0 Å². The average molecular weight is 277 g/mol. The highest BCUT2D eigenvalue weighted by atomic mass is 32.1. The van der Waals surface area contributed by atoms with Crippen LogP contribution in [0.5, 0.6) is 0 Å². The third-order valence-electron chi connectivity index (χ3n) is 3.19. The minimum atomic E-state index is -0.149. The Morgan fingerprint density at radius 2 is 2.16 bits per heavy atom. The number of nitrogens with one attached hydrogen (secondary N) is 1. The van der Waals surface area contributed by atoms with Gasteiger partial charge in [-0.1, -0.05) is 0 Å². The lowest BCUT2D eigenvalue weighted by Crippen LogP contribution is -2.18. The van der Waals surface area contributed by atoms with Gasteiger partial charge in [-0.2, -0.15) is 0 Å². The quantitative estimate of drug-likeness (QED) is 0.910. The van der Waals surface area contributed by atoms with Crippen LogP contribution in [0.15, 0.2) is 0 Å². The third-order valence-corrected chi connectivity index (χ3v) is 4.27. The van der Waals surface area contributed by atoms with Crippen LogP contribution in [-0.2, 0) is 13.0 Å². The highest BCUT2D eigenvalue weighted by Gasteiger charge is 2.20. The maximum Gasteiger partial charge on any atom is 0.270 e. The van der Waals surface area contributed by atoms with E-state index in [2.05, 4.69) is 20.5 Å². The highest BCUT2D eigenvalue weighted by Crippen LogP contribution is 2.21. The van der Waals surface area contributed by atoms with E-state index in [-0.39, 0.29) is 5.91 Å². The molecule has 0 fully saturated rings. The standard InChI is InChI=1S/C12H15N5OS/c1-7-10(19-8(2)13-7)11(18)14-12-16-15-9-5-3-4-6-17(9)12/h3-6H2,1-2H3,(H,14,16,18). The minimum Gasteiger partial charge on any atom is -0.297 e. The zero-order valence-corrected chi connectivity index (χ0v) is 11.8. The minimum absolute atomic E-state index is 0.149.